The van der Waals surface area contributed by atoms with Gasteiger partial charge in [-0.3, -0.25) is 9.59 Å². The van der Waals surface area contributed by atoms with Crippen molar-refractivity contribution in [2.24, 2.45) is 0 Å². The van der Waals surface area contributed by atoms with Crippen LogP contribution in [-0.4, -0.2) is 18.0 Å². The van der Waals surface area contributed by atoms with Gasteiger partial charge in [0.25, 0.3) is 0 Å². The first-order chi connectivity index (χ1) is 8.22. The van der Waals surface area contributed by atoms with Crippen molar-refractivity contribution >= 4 is 23.5 Å². The Morgan fingerprint density at radius 1 is 1.00 bits per heavy atom. The van der Waals surface area contributed by atoms with Gasteiger partial charge in [-0.25, -0.2) is 0 Å². The third kappa shape index (κ3) is 5.92. The summed E-state index contributed by atoms with van der Waals surface area (Å²) in [6.07, 6.45) is -0.0110. The second-order valence-corrected chi connectivity index (χ2v) is 3.49. The number of carbonyl (C=O) groups excluding carboxylic acids is 2. The lowest BCUT2D eigenvalue weighted by Gasteiger charge is -2.04. The van der Waals surface area contributed by atoms with Crippen molar-refractivity contribution in [2.45, 2.75) is 19.4 Å². The van der Waals surface area contributed by atoms with Gasteiger partial charge in [0, 0.05) is 0 Å². The molecule has 0 saturated carbocycles. The van der Waals surface area contributed by atoms with Crippen LogP contribution in [-0.2, 0) is 25.7 Å². The van der Waals surface area contributed by atoms with Gasteiger partial charge in [0.05, 0.1) is 12.8 Å². The van der Waals surface area contributed by atoms with Gasteiger partial charge in [-0.2, -0.15) is 0 Å². The molecule has 0 aromatic heterocycles. The smallest absolute Gasteiger partial charge is 0.307 e. The lowest BCUT2D eigenvalue weighted by atomic mass is 10.2. The van der Waals surface area contributed by atoms with E-state index in [9.17, 15) is 9.59 Å². The summed E-state index contributed by atoms with van der Waals surface area (Å²) in [5, 5.41) is 0. The molecule has 1 rings (SSSR count). The molecule has 5 heteroatoms. The van der Waals surface area contributed by atoms with Crippen LogP contribution >= 0.6 is 11.6 Å². The zero-order valence-electron chi connectivity index (χ0n) is 9.23. The summed E-state index contributed by atoms with van der Waals surface area (Å²) < 4.78 is 9.45. The molecule has 0 aliphatic heterocycles. The molecule has 0 heterocycles. The third-order valence-corrected chi connectivity index (χ3v) is 2.10. The highest BCUT2D eigenvalue weighted by atomic mass is 35.5. The van der Waals surface area contributed by atoms with E-state index >= 15 is 0 Å². The first kappa shape index (κ1) is 13.5. The average Bonchev–Trinajstić information content (AvgIpc) is 2.35. The molecule has 0 amide bonds. The molecule has 0 unspecified atom stereocenters. The van der Waals surface area contributed by atoms with Crippen LogP contribution in [0, 0.1) is 0 Å². The zero-order valence-corrected chi connectivity index (χ0v) is 9.98. The molecule has 0 fully saturated rings. The molecule has 4 nitrogen and oxygen atoms in total. The van der Waals surface area contributed by atoms with E-state index in [4.69, 9.17) is 16.3 Å². The van der Waals surface area contributed by atoms with Crippen molar-refractivity contribution in [3.05, 3.63) is 35.9 Å². The Bertz CT molecular complexity index is 364. The Labute approximate surface area is 104 Å². The molecule has 1 aromatic carbocycles. The van der Waals surface area contributed by atoms with Crippen LogP contribution in [0.15, 0.2) is 30.3 Å². The van der Waals surface area contributed by atoms with Gasteiger partial charge < -0.3 is 9.47 Å². The minimum atomic E-state index is -0.503. The maximum Gasteiger partial charge on any atom is 0.307 e. The number of benzene rings is 1. The van der Waals surface area contributed by atoms with Gasteiger partial charge >= 0.3 is 11.9 Å². The summed E-state index contributed by atoms with van der Waals surface area (Å²) in [5.74, 6) is -0.933. The van der Waals surface area contributed by atoms with Crippen molar-refractivity contribution in [1.29, 1.82) is 0 Å². The first-order valence-corrected chi connectivity index (χ1v) is 5.67. The molecular formula is C12H13ClO4. The number of alkyl halides is 1. The number of rotatable bonds is 6. The quantitative estimate of drug-likeness (QED) is 0.579. The molecule has 17 heavy (non-hydrogen) atoms. The zero-order chi connectivity index (χ0) is 12.5. The van der Waals surface area contributed by atoms with Crippen LogP contribution in [0.4, 0.5) is 0 Å². The minimum absolute atomic E-state index is 0.00254. The molecule has 0 N–H and O–H groups in total. The number of hydrogen-bond acceptors (Lipinski definition) is 4. The van der Waals surface area contributed by atoms with E-state index < -0.39 is 11.9 Å². The summed E-state index contributed by atoms with van der Waals surface area (Å²) in [7, 11) is 0. The van der Waals surface area contributed by atoms with Crippen molar-refractivity contribution < 1.29 is 19.1 Å². The Morgan fingerprint density at radius 2 is 1.59 bits per heavy atom. The van der Waals surface area contributed by atoms with E-state index in [0.29, 0.717) is 0 Å². The molecule has 1 aromatic rings. The van der Waals surface area contributed by atoms with Gasteiger partial charge in [-0.15, -0.1) is 0 Å². The van der Waals surface area contributed by atoms with Crippen LogP contribution < -0.4 is 0 Å². The normalized spacial score (nSPS) is 9.71. The van der Waals surface area contributed by atoms with Crippen molar-refractivity contribution in [2.75, 3.05) is 6.07 Å². The summed E-state index contributed by atoms with van der Waals surface area (Å²) in [6, 6.07) is 9.12. The molecule has 0 bridgehead atoms. The fourth-order valence-corrected chi connectivity index (χ4v) is 1.27. The molecule has 0 aliphatic rings. The van der Waals surface area contributed by atoms with Gasteiger partial charge in [0.15, 0.2) is 6.07 Å². The van der Waals surface area contributed by atoms with Gasteiger partial charge in [-0.05, 0) is 5.56 Å². The number of halogens is 1. The molecule has 92 valence electrons. The molecule has 0 atom stereocenters. The highest BCUT2D eigenvalue weighted by Gasteiger charge is 2.08. The van der Waals surface area contributed by atoms with Crippen LogP contribution in [0.2, 0.25) is 0 Å². The monoisotopic (exact) mass is 256 g/mol. The largest absolute Gasteiger partial charge is 0.461 e. The Kier molecular flexibility index (Phi) is 6.10. The van der Waals surface area contributed by atoms with Gasteiger partial charge in [-0.1, -0.05) is 41.9 Å². The molecule has 0 spiro atoms. The Hall–Kier alpha value is -1.55. The molecular weight excluding hydrogens is 244 g/mol. The maximum atomic E-state index is 11.3. The average molecular weight is 257 g/mol. The van der Waals surface area contributed by atoms with E-state index in [2.05, 4.69) is 4.74 Å². The number of ether oxygens (including phenoxy) is 2. The van der Waals surface area contributed by atoms with E-state index in [-0.39, 0.29) is 25.5 Å². The summed E-state index contributed by atoms with van der Waals surface area (Å²) in [4.78, 5) is 22.2. The molecule has 0 aliphatic carbocycles. The second kappa shape index (κ2) is 7.68. The lowest BCUT2D eigenvalue weighted by Crippen LogP contribution is -2.09. The topological polar surface area (TPSA) is 52.6 Å². The van der Waals surface area contributed by atoms with Crippen LogP contribution in [0.25, 0.3) is 0 Å². The standard InChI is InChI=1S/C12H13ClO4/c13-9-17-12(15)7-6-11(14)16-8-10-4-2-1-3-5-10/h1-5H,6-9H2. The predicted molar refractivity (Wildman–Crippen MR) is 62.3 cm³/mol. The second-order valence-electron chi connectivity index (χ2n) is 3.27. The van der Waals surface area contributed by atoms with Crippen LogP contribution in [0.5, 0.6) is 0 Å². The highest BCUT2D eigenvalue weighted by Crippen LogP contribution is 2.03. The van der Waals surface area contributed by atoms with E-state index in [1.165, 1.54) is 0 Å². The molecule has 0 radical (unpaired) electrons. The van der Waals surface area contributed by atoms with E-state index in [1.807, 2.05) is 30.3 Å². The number of carbonyl (C=O) groups is 2. The predicted octanol–water partition coefficient (Wildman–Crippen LogP) is 2.25. The Morgan fingerprint density at radius 3 is 2.18 bits per heavy atom. The molecule has 0 saturated heterocycles. The lowest BCUT2D eigenvalue weighted by molar-refractivity contribution is -0.150. The van der Waals surface area contributed by atoms with Crippen molar-refractivity contribution in [3.8, 4) is 0 Å². The van der Waals surface area contributed by atoms with E-state index in [0.717, 1.165) is 5.56 Å². The number of hydrogen-bond donors (Lipinski definition) is 0. The SMILES string of the molecule is O=C(CCC(=O)OCc1ccccc1)OCCl. The maximum absolute atomic E-state index is 11.3. The highest BCUT2D eigenvalue weighted by molar-refractivity contribution is 6.17. The minimum Gasteiger partial charge on any atom is -0.461 e. The number of esters is 2. The summed E-state index contributed by atoms with van der Waals surface area (Å²) >= 11 is 5.19. The van der Waals surface area contributed by atoms with Crippen LogP contribution in [0.1, 0.15) is 18.4 Å². The third-order valence-electron chi connectivity index (χ3n) is 1.99. The van der Waals surface area contributed by atoms with Gasteiger partial charge in [0.2, 0.25) is 0 Å². The van der Waals surface area contributed by atoms with E-state index in [1.54, 1.807) is 0 Å². The fraction of sp³-hybridized carbons (Fsp3) is 0.333. The van der Waals surface area contributed by atoms with Crippen LogP contribution in [0.3, 0.4) is 0 Å². The van der Waals surface area contributed by atoms with Crippen molar-refractivity contribution in [3.63, 3.8) is 0 Å². The first-order valence-electron chi connectivity index (χ1n) is 5.13. The fourth-order valence-electron chi connectivity index (χ4n) is 1.15. The summed E-state index contributed by atoms with van der Waals surface area (Å²) in [6.45, 7) is 0.213. The summed E-state index contributed by atoms with van der Waals surface area (Å²) in [5.41, 5.74) is 0.907. The Balaban J connectivity index is 2.20. The van der Waals surface area contributed by atoms with Gasteiger partial charge in [0.1, 0.15) is 6.61 Å². The van der Waals surface area contributed by atoms with Crippen molar-refractivity contribution in [1.82, 2.24) is 0 Å².